The van der Waals surface area contributed by atoms with Gasteiger partial charge < -0.3 is 38.7 Å². The second-order valence-electron chi connectivity index (χ2n) is 11.0. The highest BCUT2D eigenvalue weighted by Gasteiger charge is 2.64. The zero-order valence-electron chi connectivity index (χ0n) is 27.3. The first-order valence-electron chi connectivity index (χ1n) is 14.9. The lowest BCUT2D eigenvalue weighted by molar-refractivity contribution is -0.190. The minimum Gasteiger partial charge on any atom is -0.468 e. The molecule has 1 saturated heterocycles. The number of rotatable bonds is 17. The fourth-order valence-corrected chi connectivity index (χ4v) is 6.66. The van der Waals surface area contributed by atoms with Crippen LogP contribution in [-0.2, 0) is 57.5 Å². The number of hydrogen-bond donors (Lipinski definition) is 2. The molecule has 5 atom stereocenters. The highest BCUT2D eigenvalue weighted by molar-refractivity contribution is 7.52. The molecule has 18 heteroatoms. The molecule has 1 aliphatic rings. The van der Waals surface area contributed by atoms with Crippen molar-refractivity contribution in [2.75, 3.05) is 53.5 Å². The number of carbonyl (C=O) groups excluding carboxylic acids is 3. The van der Waals surface area contributed by atoms with Crippen LogP contribution >= 0.6 is 7.75 Å². The Hall–Kier alpha value is -4.12. The minimum absolute atomic E-state index is 0.0352. The van der Waals surface area contributed by atoms with E-state index >= 15 is 0 Å². The molecular formula is C30H40N5O12P. The summed E-state index contributed by atoms with van der Waals surface area (Å²) in [6.07, 6.45) is -0.519. The van der Waals surface area contributed by atoms with Crippen molar-refractivity contribution >= 4 is 37.0 Å². The number of nitrogens with two attached hydrogens (primary N) is 1. The van der Waals surface area contributed by atoms with Crippen molar-refractivity contribution in [3.63, 3.8) is 0 Å². The summed E-state index contributed by atoms with van der Waals surface area (Å²) in [5, 5.41) is 6.88. The monoisotopic (exact) mass is 693 g/mol. The first kappa shape index (κ1) is 36.7. The molecule has 1 aromatic carbocycles. The fourth-order valence-electron chi connectivity index (χ4n) is 5.08. The van der Waals surface area contributed by atoms with Crippen molar-refractivity contribution < 1.29 is 56.4 Å². The van der Waals surface area contributed by atoms with Gasteiger partial charge in [0.05, 0.1) is 52.1 Å². The molecular weight excluding hydrogens is 653 g/mol. The van der Waals surface area contributed by atoms with Gasteiger partial charge in [-0.2, -0.15) is 10.2 Å². The molecule has 262 valence electrons. The van der Waals surface area contributed by atoms with Crippen molar-refractivity contribution in [1.82, 2.24) is 19.7 Å². The Kier molecular flexibility index (Phi) is 12.1. The first-order valence-corrected chi connectivity index (χ1v) is 16.4. The van der Waals surface area contributed by atoms with Crippen molar-refractivity contribution in [3.05, 3.63) is 54.5 Å². The largest absolute Gasteiger partial charge is 0.468 e. The second kappa shape index (κ2) is 15.9. The van der Waals surface area contributed by atoms with Gasteiger partial charge in [-0.25, -0.2) is 14.1 Å². The summed E-state index contributed by atoms with van der Waals surface area (Å²) in [7, 11) is -0.349. The molecule has 3 N–H and O–H groups in total. The number of fused-ring (bicyclic) bond motifs is 1. The predicted molar refractivity (Wildman–Crippen MR) is 168 cm³/mol. The normalized spacial score (nSPS) is 22.5. The highest BCUT2D eigenvalue weighted by Crippen LogP contribution is 2.50. The van der Waals surface area contributed by atoms with E-state index in [0.717, 1.165) is 0 Å². The van der Waals surface area contributed by atoms with Crippen molar-refractivity contribution in [2.45, 2.75) is 50.0 Å². The smallest absolute Gasteiger partial charge is 0.459 e. The molecule has 1 fully saturated rings. The summed E-state index contributed by atoms with van der Waals surface area (Å²) in [5.41, 5.74) is 3.24. The van der Waals surface area contributed by atoms with E-state index in [2.05, 4.69) is 15.2 Å². The molecule has 3 heterocycles. The number of para-hydroxylation sites is 1. The number of aromatic nitrogens is 3. The van der Waals surface area contributed by atoms with E-state index in [4.69, 9.17) is 43.2 Å². The molecule has 0 amide bonds. The average Bonchev–Trinajstić information content (AvgIpc) is 3.63. The van der Waals surface area contributed by atoms with Crippen LogP contribution in [0.5, 0.6) is 5.75 Å². The van der Waals surface area contributed by atoms with Crippen molar-refractivity contribution in [2.24, 2.45) is 0 Å². The number of methoxy groups -OCH3 is 3. The quantitative estimate of drug-likeness (QED) is 0.118. The van der Waals surface area contributed by atoms with Crippen LogP contribution in [0.4, 0.5) is 5.82 Å². The lowest BCUT2D eigenvalue weighted by Gasteiger charge is -2.38. The van der Waals surface area contributed by atoms with Crippen molar-refractivity contribution in [1.29, 1.82) is 0 Å². The Morgan fingerprint density at radius 3 is 2.44 bits per heavy atom. The van der Waals surface area contributed by atoms with Crippen LogP contribution in [0.2, 0.25) is 0 Å². The van der Waals surface area contributed by atoms with E-state index < -0.39 is 55.6 Å². The van der Waals surface area contributed by atoms with Gasteiger partial charge in [0.15, 0.2) is 11.9 Å². The Morgan fingerprint density at radius 2 is 1.77 bits per heavy atom. The van der Waals surface area contributed by atoms with Gasteiger partial charge in [0, 0.05) is 14.2 Å². The molecule has 0 saturated carbocycles. The molecule has 17 nitrogen and oxygen atoms in total. The van der Waals surface area contributed by atoms with Gasteiger partial charge in [-0.3, -0.25) is 18.9 Å². The summed E-state index contributed by atoms with van der Waals surface area (Å²) < 4.78 is 60.6. The number of benzene rings is 1. The van der Waals surface area contributed by atoms with Crippen LogP contribution in [0, 0.1) is 0 Å². The lowest BCUT2D eigenvalue weighted by atomic mass is 9.85. The van der Waals surface area contributed by atoms with Gasteiger partial charge in [0.1, 0.15) is 29.2 Å². The maximum Gasteiger partial charge on any atom is 0.459 e. The third-order valence-corrected chi connectivity index (χ3v) is 9.10. The molecule has 1 aliphatic heterocycles. The molecule has 0 bridgehead atoms. The molecule has 2 aromatic heterocycles. The number of hydrogen-bond acceptors (Lipinski definition) is 15. The van der Waals surface area contributed by atoms with Crippen LogP contribution in [-0.4, -0.2) is 98.0 Å². The minimum atomic E-state index is -4.39. The zero-order valence-corrected chi connectivity index (χ0v) is 28.2. The molecule has 0 unspecified atom stereocenters. The summed E-state index contributed by atoms with van der Waals surface area (Å²) in [4.78, 5) is 42.8. The standard InChI is InChI=1S/C30H40N5O12P/c1-20(27(38)42-5)34-48(39,47-21-9-7-6-8-10-21)44-17-29(2)28(45-24(36)13-15-40-3)30(18-43-29,46-25(37)14-16-41-4)23-12-11-22-26(31)32-19-33-35(22)23/h6-12,19-20,28H,13-18H2,1-5H3,(H,34,39)(H2,31,32,33)/t20-,28+,29+,30-,48-/m0/s1. The van der Waals surface area contributed by atoms with Gasteiger partial charge in [-0.1, -0.05) is 18.2 Å². The Balaban J connectivity index is 1.78. The van der Waals surface area contributed by atoms with E-state index in [1.165, 1.54) is 46.0 Å². The number of esters is 3. The Labute approximate surface area is 276 Å². The topological polar surface area (TPSA) is 210 Å². The lowest BCUT2D eigenvalue weighted by Crippen LogP contribution is -2.54. The Bertz CT molecular complexity index is 1620. The van der Waals surface area contributed by atoms with Gasteiger partial charge in [-0.05, 0) is 38.1 Å². The molecule has 0 radical (unpaired) electrons. The van der Waals surface area contributed by atoms with Crippen LogP contribution in [0.1, 0.15) is 32.4 Å². The maximum absolute atomic E-state index is 14.2. The zero-order chi connectivity index (χ0) is 35.0. The molecule has 0 aliphatic carbocycles. The number of nitrogens with zero attached hydrogens (tertiary/aromatic N) is 3. The number of ether oxygens (including phenoxy) is 6. The van der Waals surface area contributed by atoms with Gasteiger partial charge in [0.25, 0.3) is 0 Å². The van der Waals surface area contributed by atoms with Crippen molar-refractivity contribution in [3.8, 4) is 5.75 Å². The van der Waals surface area contributed by atoms with Gasteiger partial charge >= 0.3 is 25.7 Å². The van der Waals surface area contributed by atoms with Gasteiger partial charge in [0.2, 0.25) is 5.60 Å². The summed E-state index contributed by atoms with van der Waals surface area (Å²) in [5.74, 6) is -1.84. The summed E-state index contributed by atoms with van der Waals surface area (Å²) in [6, 6.07) is 10.2. The number of nitrogens with one attached hydrogen (secondary N) is 1. The first-order chi connectivity index (χ1) is 22.9. The highest BCUT2D eigenvalue weighted by atomic mass is 31.2. The predicted octanol–water partition coefficient (Wildman–Crippen LogP) is 2.18. The maximum atomic E-state index is 14.2. The number of nitrogen functional groups attached to an aromatic ring is 1. The van der Waals surface area contributed by atoms with E-state index in [0.29, 0.717) is 5.52 Å². The van der Waals surface area contributed by atoms with E-state index in [1.807, 2.05) is 0 Å². The van der Waals surface area contributed by atoms with Crippen LogP contribution in [0.25, 0.3) is 5.52 Å². The molecule has 48 heavy (non-hydrogen) atoms. The number of anilines is 1. The average molecular weight is 694 g/mol. The Morgan fingerprint density at radius 1 is 1.08 bits per heavy atom. The van der Waals surface area contributed by atoms with E-state index in [-0.39, 0.29) is 49.9 Å². The summed E-state index contributed by atoms with van der Waals surface area (Å²) in [6.45, 7) is 2.11. The summed E-state index contributed by atoms with van der Waals surface area (Å²) >= 11 is 0. The van der Waals surface area contributed by atoms with Gasteiger partial charge in [-0.15, -0.1) is 0 Å². The fraction of sp³-hybridized carbons (Fsp3) is 0.500. The van der Waals surface area contributed by atoms with E-state index in [1.54, 1.807) is 42.5 Å². The molecule has 0 spiro atoms. The van der Waals surface area contributed by atoms with Crippen LogP contribution < -0.4 is 15.3 Å². The SMILES string of the molecule is COCCC(=O)O[C@@H]1[C@@](C)(CO[P@@](=O)(N[C@@H](C)C(=O)OC)Oc2ccccc2)OC[C@]1(OC(=O)CCOC)c1ccc2c(N)ncnn12. The molecule has 3 aromatic rings. The third kappa shape index (κ3) is 8.29. The van der Waals surface area contributed by atoms with Crippen LogP contribution in [0.15, 0.2) is 48.8 Å². The second-order valence-corrected chi connectivity index (χ2v) is 12.7. The number of carbonyl (C=O) groups is 3. The van der Waals surface area contributed by atoms with Crippen LogP contribution in [0.3, 0.4) is 0 Å². The van der Waals surface area contributed by atoms with E-state index in [9.17, 15) is 18.9 Å². The third-order valence-electron chi connectivity index (χ3n) is 7.47. The molecule has 4 rings (SSSR count).